The molecular weight excluding hydrogens is 246 g/mol. The number of rotatable bonds is 8. The first-order chi connectivity index (χ1) is 9.63. The van der Waals surface area contributed by atoms with Crippen molar-refractivity contribution in [1.82, 2.24) is 15.1 Å². The maximum Gasteiger partial charge on any atom is 0.0250 e. The highest BCUT2D eigenvalue weighted by molar-refractivity contribution is 4.88. The number of nitrogens with one attached hydrogen (secondary N) is 1. The van der Waals surface area contributed by atoms with E-state index in [1.54, 1.807) is 0 Å². The quantitative estimate of drug-likeness (QED) is 0.739. The predicted molar refractivity (Wildman–Crippen MR) is 89.4 cm³/mol. The van der Waals surface area contributed by atoms with Crippen LogP contribution in [0.25, 0.3) is 0 Å². The molecule has 0 spiro atoms. The van der Waals surface area contributed by atoms with E-state index in [4.69, 9.17) is 0 Å². The van der Waals surface area contributed by atoms with Crippen LogP contribution in [0.1, 0.15) is 59.8 Å². The van der Waals surface area contributed by atoms with Crippen molar-refractivity contribution in [1.29, 1.82) is 0 Å². The van der Waals surface area contributed by atoms with Crippen molar-refractivity contribution in [2.75, 3.05) is 33.2 Å². The van der Waals surface area contributed by atoms with Crippen molar-refractivity contribution in [2.45, 2.75) is 77.9 Å². The average Bonchev–Trinajstić information content (AvgIpc) is 2.58. The molecule has 3 nitrogen and oxygen atoms in total. The second-order valence-corrected chi connectivity index (χ2v) is 6.53. The molecule has 1 aliphatic rings. The van der Waals surface area contributed by atoms with Gasteiger partial charge in [-0.15, -0.1) is 0 Å². The Balaban J connectivity index is 2.73. The molecule has 1 rings (SSSR count). The number of hydrogen-bond donors (Lipinski definition) is 1. The first-order valence-electron chi connectivity index (χ1n) is 8.81. The largest absolute Gasteiger partial charge is 0.312 e. The molecule has 0 bridgehead atoms. The van der Waals surface area contributed by atoms with Crippen LogP contribution in [0.5, 0.6) is 0 Å². The summed E-state index contributed by atoms with van der Waals surface area (Å²) in [4.78, 5) is 5.28. The normalized spacial score (nSPS) is 25.4. The Morgan fingerprint density at radius 3 is 2.50 bits per heavy atom. The van der Waals surface area contributed by atoms with Gasteiger partial charge in [0.1, 0.15) is 0 Å². The third-order valence-corrected chi connectivity index (χ3v) is 4.66. The van der Waals surface area contributed by atoms with Gasteiger partial charge in [-0.1, -0.05) is 27.2 Å². The van der Waals surface area contributed by atoms with Crippen molar-refractivity contribution in [2.24, 2.45) is 0 Å². The summed E-state index contributed by atoms with van der Waals surface area (Å²) in [5, 5.41) is 3.82. The molecule has 0 aromatic rings. The van der Waals surface area contributed by atoms with E-state index in [0.29, 0.717) is 18.1 Å². The van der Waals surface area contributed by atoms with Gasteiger partial charge in [0.2, 0.25) is 0 Å². The Morgan fingerprint density at radius 2 is 1.90 bits per heavy atom. The van der Waals surface area contributed by atoms with E-state index < -0.39 is 0 Å². The lowest BCUT2D eigenvalue weighted by Crippen LogP contribution is -2.54. The zero-order valence-electron chi connectivity index (χ0n) is 14.5. The van der Waals surface area contributed by atoms with Crippen LogP contribution in [0.4, 0.5) is 0 Å². The molecule has 0 aromatic carbocycles. The Bertz CT molecular complexity index is 244. The van der Waals surface area contributed by atoms with Gasteiger partial charge in [-0.3, -0.25) is 4.90 Å². The van der Waals surface area contributed by atoms with Crippen LogP contribution in [0.3, 0.4) is 0 Å². The zero-order chi connectivity index (χ0) is 15.0. The van der Waals surface area contributed by atoms with Crippen LogP contribution in [0.2, 0.25) is 0 Å². The van der Waals surface area contributed by atoms with Crippen LogP contribution < -0.4 is 5.32 Å². The van der Waals surface area contributed by atoms with E-state index in [1.807, 2.05) is 0 Å². The van der Waals surface area contributed by atoms with Crippen molar-refractivity contribution in [3.63, 3.8) is 0 Å². The zero-order valence-corrected chi connectivity index (χ0v) is 14.5. The smallest absolute Gasteiger partial charge is 0.0250 e. The Hall–Kier alpha value is -0.120. The molecule has 0 amide bonds. The Morgan fingerprint density at radius 1 is 1.15 bits per heavy atom. The van der Waals surface area contributed by atoms with E-state index in [-0.39, 0.29) is 0 Å². The first-order valence-corrected chi connectivity index (χ1v) is 8.81. The topological polar surface area (TPSA) is 18.5 Å². The van der Waals surface area contributed by atoms with Crippen LogP contribution in [0.15, 0.2) is 0 Å². The minimum absolute atomic E-state index is 0.663. The summed E-state index contributed by atoms with van der Waals surface area (Å²) in [5.41, 5.74) is 0. The maximum absolute atomic E-state index is 3.82. The SMILES string of the molecule is CCCNC(CCC)C(CC)N1CCCN(C)CC1C. The fourth-order valence-corrected chi connectivity index (χ4v) is 3.70. The molecule has 120 valence electrons. The maximum atomic E-state index is 3.82. The number of hydrogen-bond acceptors (Lipinski definition) is 3. The highest BCUT2D eigenvalue weighted by atomic mass is 15.3. The average molecular weight is 284 g/mol. The first kappa shape index (κ1) is 17.9. The summed E-state index contributed by atoms with van der Waals surface area (Å²) < 4.78 is 0. The molecule has 3 heteroatoms. The third-order valence-electron chi connectivity index (χ3n) is 4.66. The Labute approximate surface area is 127 Å². The third kappa shape index (κ3) is 5.34. The van der Waals surface area contributed by atoms with Crippen molar-refractivity contribution in [3.05, 3.63) is 0 Å². The van der Waals surface area contributed by atoms with Gasteiger partial charge in [0.25, 0.3) is 0 Å². The van der Waals surface area contributed by atoms with Crippen LogP contribution >= 0.6 is 0 Å². The second-order valence-electron chi connectivity index (χ2n) is 6.53. The van der Waals surface area contributed by atoms with Gasteiger partial charge < -0.3 is 10.2 Å². The van der Waals surface area contributed by atoms with Gasteiger partial charge in [0.05, 0.1) is 0 Å². The molecule has 0 radical (unpaired) electrons. The van der Waals surface area contributed by atoms with E-state index in [2.05, 4.69) is 49.9 Å². The molecule has 3 unspecified atom stereocenters. The molecule has 3 atom stereocenters. The van der Waals surface area contributed by atoms with Crippen molar-refractivity contribution < 1.29 is 0 Å². The molecule has 20 heavy (non-hydrogen) atoms. The van der Waals surface area contributed by atoms with Crippen LogP contribution in [0, 0.1) is 0 Å². The fourth-order valence-electron chi connectivity index (χ4n) is 3.70. The van der Waals surface area contributed by atoms with Crippen LogP contribution in [-0.4, -0.2) is 61.2 Å². The minimum Gasteiger partial charge on any atom is -0.312 e. The molecule has 0 aliphatic carbocycles. The van der Waals surface area contributed by atoms with Gasteiger partial charge in [0, 0.05) is 31.2 Å². The molecule has 1 fully saturated rings. The molecule has 1 saturated heterocycles. The summed E-state index contributed by atoms with van der Waals surface area (Å²) in [6.45, 7) is 14.2. The standard InChI is InChI=1S/C17H37N3/c1-6-10-16(18-11-7-2)17(8-3)20-13-9-12-19(5)14-15(20)4/h15-18H,6-14H2,1-5H3. The van der Waals surface area contributed by atoms with Gasteiger partial charge in [-0.25, -0.2) is 0 Å². The fraction of sp³-hybridized carbons (Fsp3) is 1.00. The molecular formula is C17H37N3. The van der Waals surface area contributed by atoms with Crippen molar-refractivity contribution >= 4 is 0 Å². The van der Waals surface area contributed by atoms with E-state index in [1.165, 1.54) is 51.7 Å². The molecule has 1 aliphatic heterocycles. The molecule has 1 N–H and O–H groups in total. The summed E-state index contributed by atoms with van der Waals surface area (Å²) >= 11 is 0. The number of likely N-dealkylation sites (N-methyl/N-ethyl adjacent to an activating group) is 1. The lowest BCUT2D eigenvalue weighted by atomic mass is 9.97. The van der Waals surface area contributed by atoms with Crippen LogP contribution in [-0.2, 0) is 0 Å². The van der Waals surface area contributed by atoms with E-state index in [0.717, 1.165) is 6.54 Å². The molecule has 0 saturated carbocycles. The summed E-state index contributed by atoms with van der Waals surface area (Å²) in [7, 11) is 2.26. The van der Waals surface area contributed by atoms with Gasteiger partial charge in [0.15, 0.2) is 0 Å². The van der Waals surface area contributed by atoms with Gasteiger partial charge in [-0.2, -0.15) is 0 Å². The van der Waals surface area contributed by atoms with Gasteiger partial charge in [-0.05, 0) is 52.7 Å². The van der Waals surface area contributed by atoms with Gasteiger partial charge >= 0.3 is 0 Å². The second kappa shape index (κ2) is 9.75. The summed E-state index contributed by atoms with van der Waals surface area (Å²) in [5.74, 6) is 0. The predicted octanol–water partition coefficient (Wildman–Crippen LogP) is 2.96. The van der Waals surface area contributed by atoms with E-state index in [9.17, 15) is 0 Å². The van der Waals surface area contributed by atoms with E-state index >= 15 is 0 Å². The lowest BCUT2D eigenvalue weighted by Gasteiger charge is -2.40. The summed E-state index contributed by atoms with van der Waals surface area (Å²) in [6.07, 6.45) is 6.38. The minimum atomic E-state index is 0.663. The lowest BCUT2D eigenvalue weighted by molar-refractivity contribution is 0.105. The summed E-state index contributed by atoms with van der Waals surface area (Å²) in [6, 6.07) is 2.04. The number of nitrogens with zero attached hydrogens (tertiary/aromatic N) is 2. The monoisotopic (exact) mass is 283 g/mol. The highest BCUT2D eigenvalue weighted by Gasteiger charge is 2.30. The highest BCUT2D eigenvalue weighted by Crippen LogP contribution is 2.19. The molecule has 0 aromatic heterocycles. The Kier molecular flexibility index (Phi) is 8.74. The van der Waals surface area contributed by atoms with Crippen molar-refractivity contribution in [3.8, 4) is 0 Å². The molecule has 1 heterocycles.